The predicted molar refractivity (Wildman–Crippen MR) is 118 cm³/mol. The number of nitrogens with zero attached hydrogens (tertiary/aromatic N) is 1. The zero-order valence-corrected chi connectivity index (χ0v) is 18.2. The molecule has 0 aromatic heterocycles. The molecule has 166 valence electrons. The third-order valence-corrected chi connectivity index (χ3v) is 6.31. The van der Waals surface area contributed by atoms with Crippen LogP contribution < -0.4 is 9.47 Å². The van der Waals surface area contributed by atoms with E-state index in [1.54, 1.807) is 53.4 Å². The molecule has 0 atom stereocenters. The highest BCUT2D eigenvalue weighted by Gasteiger charge is 2.32. The van der Waals surface area contributed by atoms with Crippen LogP contribution >= 0.6 is 0 Å². The van der Waals surface area contributed by atoms with Gasteiger partial charge in [-0.25, -0.2) is 17.6 Å². The molecule has 0 saturated carbocycles. The van der Waals surface area contributed by atoms with E-state index in [0.29, 0.717) is 30.0 Å². The highest BCUT2D eigenvalue weighted by Crippen LogP contribution is 2.28. The number of carbonyl (C=O) groups is 1. The van der Waals surface area contributed by atoms with Crippen molar-refractivity contribution >= 4 is 15.9 Å². The standard InChI is InChI=1S/C24H22FNO5S/c1-32(28,29)21-10-7-18(8-11-21)19-9-12-23(22(25)13-19)30-16-17-14-26(15-17)24(27)31-20-5-3-2-4-6-20/h2-13,17H,14-16H2,1H3. The second kappa shape index (κ2) is 9.00. The van der Waals surface area contributed by atoms with Gasteiger partial charge in [0.2, 0.25) is 0 Å². The lowest BCUT2D eigenvalue weighted by molar-refractivity contribution is 0.0618. The third kappa shape index (κ3) is 5.08. The van der Waals surface area contributed by atoms with Gasteiger partial charge in [-0.1, -0.05) is 36.4 Å². The van der Waals surface area contributed by atoms with E-state index < -0.39 is 21.7 Å². The Balaban J connectivity index is 1.29. The van der Waals surface area contributed by atoms with Crippen molar-refractivity contribution in [3.05, 3.63) is 78.6 Å². The van der Waals surface area contributed by atoms with Crippen LogP contribution in [-0.2, 0) is 9.84 Å². The highest BCUT2D eigenvalue weighted by molar-refractivity contribution is 7.90. The molecule has 6 nitrogen and oxygen atoms in total. The van der Waals surface area contributed by atoms with Crippen LogP contribution in [0, 0.1) is 11.7 Å². The van der Waals surface area contributed by atoms with Gasteiger partial charge < -0.3 is 14.4 Å². The molecule has 1 fully saturated rings. The lowest BCUT2D eigenvalue weighted by Gasteiger charge is -2.37. The molecule has 1 aliphatic heterocycles. The van der Waals surface area contributed by atoms with Gasteiger partial charge in [0, 0.05) is 25.3 Å². The van der Waals surface area contributed by atoms with Gasteiger partial charge in [-0.2, -0.15) is 0 Å². The van der Waals surface area contributed by atoms with Gasteiger partial charge in [0.25, 0.3) is 0 Å². The number of rotatable bonds is 6. The molecule has 0 bridgehead atoms. The molecule has 0 unspecified atom stereocenters. The number of ether oxygens (including phenoxy) is 2. The summed E-state index contributed by atoms with van der Waals surface area (Å²) in [6, 6.07) is 19.8. The summed E-state index contributed by atoms with van der Waals surface area (Å²) in [7, 11) is -3.28. The summed E-state index contributed by atoms with van der Waals surface area (Å²) in [6.07, 6.45) is 0.728. The minimum Gasteiger partial charge on any atom is -0.490 e. The third-order valence-electron chi connectivity index (χ3n) is 5.19. The number of likely N-dealkylation sites (tertiary alicyclic amines) is 1. The number of halogens is 1. The summed E-state index contributed by atoms with van der Waals surface area (Å²) in [5.74, 6) is 0.215. The first-order valence-electron chi connectivity index (χ1n) is 10.0. The molecule has 1 aliphatic rings. The average molecular weight is 456 g/mol. The summed E-state index contributed by atoms with van der Waals surface area (Å²) in [5.41, 5.74) is 1.32. The van der Waals surface area contributed by atoms with Crippen molar-refractivity contribution in [2.75, 3.05) is 26.0 Å². The molecule has 0 N–H and O–H groups in total. The van der Waals surface area contributed by atoms with Crippen LogP contribution in [0.4, 0.5) is 9.18 Å². The molecule has 3 aromatic carbocycles. The Morgan fingerprint density at radius 1 is 1.00 bits per heavy atom. The van der Waals surface area contributed by atoms with E-state index in [1.165, 1.54) is 18.2 Å². The number of hydrogen-bond acceptors (Lipinski definition) is 5. The van der Waals surface area contributed by atoms with Crippen molar-refractivity contribution in [1.82, 2.24) is 4.90 Å². The first-order valence-corrected chi connectivity index (χ1v) is 11.9. The maximum Gasteiger partial charge on any atom is 0.415 e. The van der Waals surface area contributed by atoms with E-state index in [4.69, 9.17) is 9.47 Å². The lowest BCUT2D eigenvalue weighted by Crippen LogP contribution is -2.53. The summed E-state index contributed by atoms with van der Waals surface area (Å²) >= 11 is 0. The Kier molecular flexibility index (Phi) is 6.14. The van der Waals surface area contributed by atoms with E-state index in [9.17, 15) is 17.6 Å². The Labute approximate surface area is 186 Å². The van der Waals surface area contributed by atoms with Gasteiger partial charge in [0.1, 0.15) is 5.75 Å². The number of para-hydroxylation sites is 1. The Hall–Kier alpha value is -3.39. The smallest absolute Gasteiger partial charge is 0.415 e. The molecule has 32 heavy (non-hydrogen) atoms. The molecule has 1 amide bonds. The molecule has 0 aliphatic carbocycles. The van der Waals surface area contributed by atoms with Gasteiger partial charge in [-0.05, 0) is 47.5 Å². The van der Waals surface area contributed by atoms with Crippen LogP contribution in [0.2, 0.25) is 0 Å². The van der Waals surface area contributed by atoms with Gasteiger partial charge >= 0.3 is 6.09 Å². The zero-order valence-electron chi connectivity index (χ0n) is 17.4. The largest absolute Gasteiger partial charge is 0.490 e. The minimum absolute atomic E-state index is 0.0981. The molecule has 8 heteroatoms. The number of benzene rings is 3. The van der Waals surface area contributed by atoms with Crippen molar-refractivity contribution in [2.24, 2.45) is 5.92 Å². The van der Waals surface area contributed by atoms with Crippen LogP contribution in [0.1, 0.15) is 0 Å². The topological polar surface area (TPSA) is 72.9 Å². The first-order chi connectivity index (χ1) is 15.3. The summed E-state index contributed by atoms with van der Waals surface area (Å²) < 4.78 is 48.6. The number of carbonyl (C=O) groups excluding carboxylic acids is 1. The van der Waals surface area contributed by atoms with E-state index in [2.05, 4.69) is 0 Å². The van der Waals surface area contributed by atoms with Crippen LogP contribution in [-0.4, -0.2) is 45.4 Å². The number of amides is 1. The van der Waals surface area contributed by atoms with Crippen molar-refractivity contribution in [2.45, 2.75) is 4.90 Å². The molecule has 0 radical (unpaired) electrons. The number of hydrogen-bond donors (Lipinski definition) is 0. The van der Waals surface area contributed by atoms with Crippen molar-refractivity contribution in [1.29, 1.82) is 0 Å². The maximum atomic E-state index is 14.5. The molecule has 0 spiro atoms. The normalized spacial score (nSPS) is 14.0. The van der Waals surface area contributed by atoms with Gasteiger partial charge in [-0.3, -0.25) is 0 Å². The molecular weight excluding hydrogens is 433 g/mol. The predicted octanol–water partition coefficient (Wildman–Crippen LogP) is 4.41. The fourth-order valence-corrected chi connectivity index (χ4v) is 4.01. The average Bonchev–Trinajstić information content (AvgIpc) is 2.73. The Bertz CT molecular complexity index is 1210. The monoisotopic (exact) mass is 455 g/mol. The summed E-state index contributed by atoms with van der Waals surface area (Å²) in [4.78, 5) is 13.9. The van der Waals surface area contributed by atoms with Crippen LogP contribution in [0.15, 0.2) is 77.7 Å². The summed E-state index contributed by atoms with van der Waals surface area (Å²) in [5, 5.41) is 0. The first kappa shape index (κ1) is 21.8. The zero-order chi connectivity index (χ0) is 22.7. The SMILES string of the molecule is CS(=O)(=O)c1ccc(-c2ccc(OCC3CN(C(=O)Oc4ccccc4)C3)c(F)c2)cc1. The number of sulfone groups is 1. The fourth-order valence-electron chi connectivity index (χ4n) is 3.38. The lowest BCUT2D eigenvalue weighted by atomic mass is 10.0. The van der Waals surface area contributed by atoms with E-state index in [0.717, 1.165) is 6.26 Å². The Morgan fingerprint density at radius 2 is 1.66 bits per heavy atom. The highest BCUT2D eigenvalue weighted by atomic mass is 32.2. The van der Waals surface area contributed by atoms with Gasteiger partial charge in [0.15, 0.2) is 21.4 Å². The van der Waals surface area contributed by atoms with E-state index >= 15 is 0 Å². The molecule has 1 saturated heterocycles. The van der Waals surface area contributed by atoms with Gasteiger partial charge in [0.05, 0.1) is 11.5 Å². The van der Waals surface area contributed by atoms with Crippen LogP contribution in [0.3, 0.4) is 0 Å². The van der Waals surface area contributed by atoms with Crippen molar-refractivity contribution < 1.29 is 27.1 Å². The van der Waals surface area contributed by atoms with Crippen LogP contribution in [0.5, 0.6) is 11.5 Å². The maximum absolute atomic E-state index is 14.5. The van der Waals surface area contributed by atoms with Crippen molar-refractivity contribution in [3.63, 3.8) is 0 Å². The molecular formula is C24H22FNO5S. The summed E-state index contributed by atoms with van der Waals surface area (Å²) in [6.45, 7) is 1.25. The molecule has 4 rings (SSSR count). The second-order valence-electron chi connectivity index (χ2n) is 7.70. The molecule has 1 heterocycles. The second-order valence-corrected chi connectivity index (χ2v) is 9.72. The van der Waals surface area contributed by atoms with E-state index in [-0.39, 0.29) is 23.2 Å². The van der Waals surface area contributed by atoms with Gasteiger partial charge in [-0.15, -0.1) is 0 Å². The van der Waals surface area contributed by atoms with E-state index in [1.807, 2.05) is 6.07 Å². The Morgan fingerprint density at radius 3 is 2.28 bits per heavy atom. The van der Waals surface area contributed by atoms with Crippen LogP contribution in [0.25, 0.3) is 11.1 Å². The fraction of sp³-hybridized carbons (Fsp3) is 0.208. The quantitative estimate of drug-likeness (QED) is 0.551. The molecule has 3 aromatic rings. The minimum atomic E-state index is -3.28. The van der Waals surface area contributed by atoms with Crippen molar-refractivity contribution in [3.8, 4) is 22.6 Å².